The van der Waals surface area contributed by atoms with Crippen molar-refractivity contribution in [3.63, 3.8) is 0 Å². The number of carbonyl (C=O) groups excluding carboxylic acids is 4. The zero-order chi connectivity index (χ0) is 43.8. The maximum atomic E-state index is 15.4. The quantitative estimate of drug-likeness (QED) is 0.0532. The predicted molar refractivity (Wildman–Crippen MR) is 242 cm³/mol. The number of nitrogens with two attached hydrogens (primary N) is 1. The summed E-state index contributed by atoms with van der Waals surface area (Å²) >= 11 is 0.935. The third-order valence-corrected chi connectivity index (χ3v) is 12.1. The summed E-state index contributed by atoms with van der Waals surface area (Å²) in [4.78, 5) is 55.9. The number of hydrogen-bond acceptors (Lipinski definition) is 10. The van der Waals surface area contributed by atoms with Crippen LogP contribution in [0, 0.1) is 17.0 Å². The van der Waals surface area contributed by atoms with Crippen LogP contribution in [0.2, 0.25) is 0 Å². The maximum Gasteiger partial charge on any atom is 0.230 e. The molecule has 63 heavy (non-hydrogen) atoms. The van der Waals surface area contributed by atoms with Crippen LogP contribution in [0.5, 0.6) is 23.0 Å². The summed E-state index contributed by atoms with van der Waals surface area (Å²) in [6.45, 7) is 0.847. The molecule has 11 nitrogen and oxygen atoms in total. The summed E-state index contributed by atoms with van der Waals surface area (Å²) in [5.41, 5.74) is 8.79. The number of ketones is 2. The molecule has 1 fully saturated rings. The minimum Gasteiger partial charge on any atom is -0.493 e. The van der Waals surface area contributed by atoms with E-state index in [1.165, 1.54) is 43.5 Å². The molecule has 330 valence electrons. The van der Waals surface area contributed by atoms with Crippen LogP contribution < -0.4 is 25.3 Å². The van der Waals surface area contributed by atoms with Crippen molar-refractivity contribution in [2.45, 2.75) is 57.4 Å². The van der Waals surface area contributed by atoms with Gasteiger partial charge in [-0.25, -0.2) is 8.78 Å². The summed E-state index contributed by atoms with van der Waals surface area (Å²) in [6, 6.07) is 22.2. The summed E-state index contributed by atoms with van der Waals surface area (Å²) in [5.74, 6) is -0.572. The monoisotopic (exact) mass is 898 g/mol. The lowest BCUT2D eigenvalue weighted by Gasteiger charge is -2.15. The number of thioether (sulfide) groups is 1. The molecular weight excluding hydrogens is 850 g/mol. The molecule has 0 spiro atoms. The number of benzene rings is 4. The third-order valence-electron chi connectivity index (χ3n) is 11.1. The molecule has 2 heterocycles. The van der Waals surface area contributed by atoms with E-state index in [4.69, 9.17) is 19.9 Å². The van der Waals surface area contributed by atoms with Gasteiger partial charge in [-0.05, 0) is 97.7 Å². The van der Waals surface area contributed by atoms with Gasteiger partial charge in [0.05, 0.1) is 36.4 Å². The molecule has 15 heteroatoms. The smallest absolute Gasteiger partial charge is 0.230 e. The van der Waals surface area contributed by atoms with Crippen LogP contribution in [0.4, 0.5) is 8.78 Å². The molecular formula is C48H49ClF2N4O7S. The van der Waals surface area contributed by atoms with Crippen molar-refractivity contribution in [2.75, 3.05) is 26.0 Å². The molecule has 1 aliphatic carbocycles. The number of halogens is 3. The zero-order valence-corrected chi connectivity index (χ0v) is 36.6. The largest absolute Gasteiger partial charge is 0.493 e. The van der Waals surface area contributed by atoms with E-state index in [0.29, 0.717) is 78.1 Å². The van der Waals surface area contributed by atoms with Gasteiger partial charge in [-0.15, -0.1) is 12.4 Å². The van der Waals surface area contributed by atoms with Crippen molar-refractivity contribution >= 4 is 68.6 Å². The maximum absolute atomic E-state index is 15.4. The number of amides is 1. The van der Waals surface area contributed by atoms with Crippen LogP contribution in [0.15, 0.2) is 97.3 Å². The fourth-order valence-electron chi connectivity index (χ4n) is 7.51. The molecule has 7 rings (SSSR count). The van der Waals surface area contributed by atoms with Gasteiger partial charge < -0.3 is 29.8 Å². The topological polar surface area (TPSA) is 152 Å². The highest BCUT2D eigenvalue weighted by Gasteiger charge is 2.54. The number of ether oxygens (including phenoxy) is 3. The molecule has 0 saturated heterocycles. The van der Waals surface area contributed by atoms with E-state index in [2.05, 4.69) is 10.3 Å². The SMILES string of the molecule is COc1cc2c(Oc3ccc(CC(=O)C4(C(=O)Cc5ccc(F)cc5)CC4)cc3F)ccnc2cc1OCCCCCNC(=O)CSC(=O)[C@H](N)Cc1cn(C)c2ccccc12.Cl. The van der Waals surface area contributed by atoms with Crippen LogP contribution in [0.25, 0.3) is 21.8 Å². The first-order valence-corrected chi connectivity index (χ1v) is 21.5. The Balaban J connectivity index is 0.00000661. The lowest BCUT2D eigenvalue weighted by atomic mass is 9.88. The van der Waals surface area contributed by atoms with Gasteiger partial charge in [0.1, 0.15) is 11.6 Å². The second-order valence-corrected chi connectivity index (χ2v) is 16.5. The van der Waals surface area contributed by atoms with Gasteiger partial charge in [0, 0.05) is 61.2 Å². The van der Waals surface area contributed by atoms with Gasteiger partial charge >= 0.3 is 0 Å². The van der Waals surface area contributed by atoms with E-state index in [0.717, 1.165) is 41.1 Å². The van der Waals surface area contributed by atoms with Crippen molar-refractivity contribution < 1.29 is 42.2 Å². The number of Topliss-reactive ketones (excluding diaryl/α,β-unsaturated/α-hetero) is 2. The number of methoxy groups -OCH3 is 1. The van der Waals surface area contributed by atoms with Crippen LogP contribution in [0.3, 0.4) is 0 Å². The summed E-state index contributed by atoms with van der Waals surface area (Å²) in [6.07, 6.45) is 6.95. The number of fused-ring (bicyclic) bond motifs is 2. The molecule has 0 unspecified atom stereocenters. The fraction of sp³-hybridized carbons (Fsp3) is 0.312. The standard InChI is InChI=1S/C48H48F2N4O7S.ClH/c1-54-28-32(34-8-4-5-9-39(34)54)25-37(51)47(58)62-29-46(57)53-19-6-3-7-21-60-43-27-38-35(26-42(43)59-2)40(16-20-52-38)61-41-15-12-31(22-36(41)50)24-45(56)48(17-18-48)44(55)23-30-10-13-33(49)14-11-30;/h4-5,8-16,20,22,26-28,37H,3,6-7,17-19,21,23-25,29,51H2,1-2H3,(H,53,57);1H/t37-;/m1./s1. The van der Waals surface area contributed by atoms with Crippen molar-refractivity contribution in [3.05, 3.63) is 126 Å². The molecule has 4 aromatic carbocycles. The lowest BCUT2D eigenvalue weighted by molar-refractivity contribution is -0.134. The molecule has 0 aliphatic heterocycles. The van der Waals surface area contributed by atoms with Crippen LogP contribution in [-0.2, 0) is 45.5 Å². The molecule has 2 aromatic heterocycles. The Kier molecular flexibility index (Phi) is 15.6. The summed E-state index contributed by atoms with van der Waals surface area (Å²) in [5, 5.41) is 4.27. The number of hydrogen-bond donors (Lipinski definition) is 2. The van der Waals surface area contributed by atoms with E-state index in [1.807, 2.05) is 42.1 Å². The van der Waals surface area contributed by atoms with Gasteiger partial charge in [0.15, 0.2) is 34.6 Å². The summed E-state index contributed by atoms with van der Waals surface area (Å²) < 4.78 is 48.4. The van der Waals surface area contributed by atoms with Crippen LogP contribution in [0.1, 0.15) is 48.8 Å². The Morgan fingerprint density at radius 2 is 1.59 bits per heavy atom. The number of nitrogens with zero attached hydrogens (tertiary/aromatic N) is 2. The van der Waals surface area contributed by atoms with E-state index >= 15 is 4.39 Å². The number of carbonyl (C=O) groups is 4. The normalized spacial score (nSPS) is 13.2. The molecule has 1 amide bonds. The number of pyridine rings is 1. The van der Waals surface area contributed by atoms with Crippen molar-refractivity contribution in [1.82, 2.24) is 14.9 Å². The Morgan fingerprint density at radius 1 is 0.857 bits per heavy atom. The summed E-state index contributed by atoms with van der Waals surface area (Å²) in [7, 11) is 3.47. The second-order valence-electron chi connectivity index (χ2n) is 15.6. The van der Waals surface area contributed by atoms with Gasteiger partial charge in [-0.1, -0.05) is 48.2 Å². The van der Waals surface area contributed by atoms with Gasteiger partial charge in [-0.3, -0.25) is 24.2 Å². The Morgan fingerprint density at radius 3 is 2.32 bits per heavy atom. The van der Waals surface area contributed by atoms with E-state index in [9.17, 15) is 23.6 Å². The minimum atomic E-state index is -1.09. The number of aryl methyl sites for hydroxylation is 1. The first-order valence-electron chi connectivity index (χ1n) is 20.5. The lowest BCUT2D eigenvalue weighted by Crippen LogP contribution is -2.33. The number of nitrogens with one attached hydrogen (secondary N) is 1. The molecule has 1 saturated carbocycles. The first-order chi connectivity index (χ1) is 29.9. The average molecular weight is 899 g/mol. The van der Waals surface area contributed by atoms with Crippen molar-refractivity contribution in [3.8, 4) is 23.0 Å². The van der Waals surface area contributed by atoms with Gasteiger partial charge in [0.25, 0.3) is 0 Å². The highest BCUT2D eigenvalue weighted by molar-refractivity contribution is 8.14. The number of rotatable bonds is 21. The number of para-hydroxylation sites is 1. The molecule has 1 atom stereocenters. The van der Waals surface area contributed by atoms with Gasteiger partial charge in [0.2, 0.25) is 11.0 Å². The number of aromatic nitrogens is 2. The third kappa shape index (κ3) is 11.4. The predicted octanol–water partition coefficient (Wildman–Crippen LogP) is 8.43. The van der Waals surface area contributed by atoms with E-state index in [1.54, 1.807) is 30.5 Å². The Labute approximate surface area is 374 Å². The second kappa shape index (κ2) is 21.0. The zero-order valence-electron chi connectivity index (χ0n) is 35.0. The van der Waals surface area contributed by atoms with Crippen LogP contribution in [-0.4, -0.2) is 64.2 Å². The molecule has 0 bridgehead atoms. The molecule has 3 N–H and O–H groups in total. The highest BCUT2D eigenvalue weighted by atomic mass is 35.5. The van der Waals surface area contributed by atoms with E-state index in [-0.39, 0.29) is 59.3 Å². The molecule has 0 radical (unpaired) electrons. The Bertz CT molecular complexity index is 2620. The number of unbranched alkanes of at least 4 members (excludes halogenated alkanes) is 2. The highest BCUT2D eigenvalue weighted by Crippen LogP contribution is 2.49. The molecule has 1 aliphatic rings. The molecule has 6 aromatic rings. The fourth-order valence-corrected chi connectivity index (χ4v) is 8.18. The average Bonchev–Trinajstić information content (AvgIpc) is 4.03. The minimum absolute atomic E-state index is 0. The van der Waals surface area contributed by atoms with Gasteiger partial charge in [-0.2, -0.15) is 0 Å². The van der Waals surface area contributed by atoms with Crippen molar-refractivity contribution in [2.24, 2.45) is 18.2 Å². The van der Waals surface area contributed by atoms with E-state index < -0.39 is 23.1 Å². The van der Waals surface area contributed by atoms with Crippen LogP contribution >= 0.6 is 24.2 Å². The Hall–Kier alpha value is -5.83. The first kappa shape index (κ1) is 46.7. The van der Waals surface area contributed by atoms with Crippen molar-refractivity contribution in [1.29, 1.82) is 0 Å².